The molecule has 0 saturated heterocycles. The molecule has 0 aromatic heterocycles. The van der Waals surface area contributed by atoms with Crippen LogP contribution in [0.3, 0.4) is 0 Å². The van der Waals surface area contributed by atoms with Crippen LogP contribution in [-0.2, 0) is 4.79 Å². The van der Waals surface area contributed by atoms with Crippen LogP contribution in [-0.4, -0.2) is 19.7 Å². The molecule has 0 aliphatic carbocycles. The van der Waals surface area contributed by atoms with Gasteiger partial charge in [0.15, 0.2) is 18.1 Å². The molecular weight excluding hydrogens is 426 g/mol. The molecule has 3 aromatic carbocycles. The molecule has 0 spiro atoms. The average molecular weight is 448 g/mol. The Bertz CT molecular complexity index is 1170. The van der Waals surface area contributed by atoms with Crippen LogP contribution < -0.4 is 14.2 Å². The number of esters is 1. The number of ether oxygens (including phenoxy) is 3. The van der Waals surface area contributed by atoms with E-state index in [0.29, 0.717) is 22.1 Å². The van der Waals surface area contributed by atoms with E-state index in [1.165, 1.54) is 7.11 Å². The van der Waals surface area contributed by atoms with Crippen molar-refractivity contribution < 1.29 is 19.0 Å². The molecule has 162 valence electrons. The maximum absolute atomic E-state index is 12.3. The second-order valence-corrected chi connectivity index (χ2v) is 7.51. The highest BCUT2D eigenvalue weighted by molar-refractivity contribution is 6.30. The van der Waals surface area contributed by atoms with E-state index in [-0.39, 0.29) is 12.4 Å². The molecule has 3 rings (SSSR count). The topological polar surface area (TPSA) is 68.5 Å². The van der Waals surface area contributed by atoms with Crippen molar-refractivity contribution in [3.8, 4) is 23.3 Å². The van der Waals surface area contributed by atoms with Crippen LogP contribution in [0.2, 0.25) is 5.02 Å². The molecule has 0 atom stereocenters. The zero-order chi connectivity index (χ0) is 23.1. The smallest absolute Gasteiger partial charge is 0.349 e. The van der Waals surface area contributed by atoms with Crippen molar-refractivity contribution in [3.63, 3.8) is 0 Å². The van der Waals surface area contributed by atoms with E-state index in [1.807, 2.05) is 32.0 Å². The summed E-state index contributed by atoms with van der Waals surface area (Å²) in [7, 11) is 1.48. The Labute approximate surface area is 192 Å². The fraction of sp³-hybridized carbons (Fsp3) is 0.154. The lowest BCUT2D eigenvalue weighted by Gasteiger charge is -2.13. The normalized spacial score (nSPS) is 10.9. The first-order valence-corrected chi connectivity index (χ1v) is 10.2. The summed E-state index contributed by atoms with van der Waals surface area (Å²) in [4.78, 5) is 12.3. The first-order chi connectivity index (χ1) is 15.4. The molecule has 0 heterocycles. The molecule has 0 N–H and O–H groups in total. The Morgan fingerprint density at radius 2 is 1.72 bits per heavy atom. The number of carbonyl (C=O) groups is 1. The number of halogens is 1. The minimum absolute atomic E-state index is 0.231. The van der Waals surface area contributed by atoms with Crippen molar-refractivity contribution in [1.82, 2.24) is 0 Å². The molecule has 0 saturated carbocycles. The molecule has 0 unspecified atom stereocenters. The number of rotatable bonds is 7. The molecule has 0 amide bonds. The van der Waals surface area contributed by atoms with Crippen molar-refractivity contribution in [2.75, 3.05) is 13.7 Å². The van der Waals surface area contributed by atoms with Gasteiger partial charge < -0.3 is 14.2 Å². The monoisotopic (exact) mass is 447 g/mol. The Hall–Kier alpha value is -3.75. The lowest BCUT2D eigenvalue weighted by atomic mass is 10.0. The van der Waals surface area contributed by atoms with Crippen LogP contribution in [0.15, 0.2) is 60.7 Å². The summed E-state index contributed by atoms with van der Waals surface area (Å²) in [6, 6.07) is 20.0. The SMILES string of the molecule is COc1cc(C=C(C#N)c2ccc(Cl)cc2)ccc1OC(=O)COc1c(C)cccc1C. The molecule has 3 aromatic rings. The third-order valence-electron chi connectivity index (χ3n) is 4.74. The molecule has 0 fully saturated rings. The first-order valence-electron chi connectivity index (χ1n) is 9.86. The summed E-state index contributed by atoms with van der Waals surface area (Å²) in [6.45, 7) is 3.61. The first kappa shape index (κ1) is 22.9. The Kier molecular flexibility index (Phi) is 7.54. The standard InChI is InChI=1S/C26H22ClNO4/c1-17-5-4-6-18(2)26(17)31-16-25(29)32-23-12-7-19(14-24(23)30-3)13-21(15-28)20-8-10-22(27)11-9-20/h4-14H,16H2,1-3H3. The molecule has 0 radical (unpaired) electrons. The van der Waals surface area contributed by atoms with Gasteiger partial charge in [-0.2, -0.15) is 5.26 Å². The Balaban J connectivity index is 1.74. The second kappa shape index (κ2) is 10.5. The fourth-order valence-corrected chi connectivity index (χ4v) is 3.27. The lowest BCUT2D eigenvalue weighted by molar-refractivity contribution is -0.136. The second-order valence-electron chi connectivity index (χ2n) is 7.07. The Morgan fingerprint density at radius 3 is 2.34 bits per heavy atom. The van der Waals surface area contributed by atoms with Crippen molar-refractivity contribution in [1.29, 1.82) is 5.26 Å². The summed E-state index contributed by atoms with van der Waals surface area (Å²) < 4.78 is 16.5. The van der Waals surface area contributed by atoms with Gasteiger partial charge in [0.2, 0.25) is 0 Å². The van der Waals surface area contributed by atoms with Gasteiger partial charge in [-0.1, -0.05) is 48.0 Å². The van der Waals surface area contributed by atoms with E-state index in [4.69, 9.17) is 25.8 Å². The van der Waals surface area contributed by atoms with Gasteiger partial charge in [-0.15, -0.1) is 0 Å². The number of hydrogen-bond acceptors (Lipinski definition) is 5. The van der Waals surface area contributed by atoms with Crippen molar-refractivity contribution >= 4 is 29.2 Å². The number of benzene rings is 3. The third-order valence-corrected chi connectivity index (χ3v) is 4.99. The molecule has 0 aliphatic rings. The predicted octanol–water partition coefficient (Wildman–Crippen LogP) is 6.01. The zero-order valence-electron chi connectivity index (χ0n) is 18.0. The van der Waals surface area contributed by atoms with Crippen molar-refractivity contribution in [3.05, 3.63) is 87.9 Å². The highest BCUT2D eigenvalue weighted by Crippen LogP contribution is 2.30. The lowest BCUT2D eigenvalue weighted by Crippen LogP contribution is -2.18. The highest BCUT2D eigenvalue weighted by Gasteiger charge is 2.13. The molecule has 6 heteroatoms. The summed E-state index contributed by atoms with van der Waals surface area (Å²) in [5, 5.41) is 10.1. The molecule has 5 nitrogen and oxygen atoms in total. The molecule has 0 aliphatic heterocycles. The summed E-state index contributed by atoms with van der Waals surface area (Å²) in [6.07, 6.45) is 1.72. The van der Waals surface area contributed by atoms with Gasteiger partial charge in [-0.05, 0) is 66.4 Å². The number of carbonyl (C=O) groups excluding carboxylic acids is 1. The van der Waals surface area contributed by atoms with Crippen molar-refractivity contribution in [2.45, 2.75) is 13.8 Å². The number of methoxy groups -OCH3 is 1. The molecule has 0 bridgehead atoms. The average Bonchev–Trinajstić information content (AvgIpc) is 2.78. The maximum Gasteiger partial charge on any atom is 0.349 e. The molecular formula is C26H22ClNO4. The van der Waals surface area contributed by atoms with Crippen LogP contribution in [0.5, 0.6) is 17.2 Å². The zero-order valence-corrected chi connectivity index (χ0v) is 18.8. The van der Waals surface area contributed by atoms with E-state index in [2.05, 4.69) is 6.07 Å². The van der Waals surface area contributed by atoms with Crippen LogP contribution in [0, 0.1) is 25.2 Å². The number of nitriles is 1. The van der Waals surface area contributed by atoms with Gasteiger partial charge in [0.25, 0.3) is 0 Å². The largest absolute Gasteiger partial charge is 0.493 e. The number of hydrogen-bond donors (Lipinski definition) is 0. The van der Waals surface area contributed by atoms with Gasteiger partial charge in [0.1, 0.15) is 5.75 Å². The third kappa shape index (κ3) is 5.69. The van der Waals surface area contributed by atoms with Crippen LogP contribution in [0.4, 0.5) is 0 Å². The Morgan fingerprint density at radius 1 is 1.03 bits per heavy atom. The van der Waals surface area contributed by atoms with Gasteiger partial charge in [0, 0.05) is 5.02 Å². The minimum Gasteiger partial charge on any atom is -0.493 e. The number of aryl methyl sites for hydroxylation is 2. The van der Waals surface area contributed by atoms with Gasteiger partial charge >= 0.3 is 5.97 Å². The number of allylic oxidation sites excluding steroid dienone is 1. The summed E-state index contributed by atoms with van der Waals surface area (Å²) in [5.41, 5.74) is 3.83. The van der Waals surface area contributed by atoms with Crippen LogP contribution in [0.25, 0.3) is 11.6 Å². The summed E-state index contributed by atoms with van der Waals surface area (Å²) in [5.74, 6) is 0.758. The van der Waals surface area contributed by atoms with Gasteiger partial charge in [-0.25, -0.2) is 4.79 Å². The maximum atomic E-state index is 12.3. The van der Waals surface area contributed by atoms with Crippen molar-refractivity contribution in [2.24, 2.45) is 0 Å². The van der Waals surface area contributed by atoms with E-state index >= 15 is 0 Å². The minimum atomic E-state index is -0.548. The summed E-state index contributed by atoms with van der Waals surface area (Å²) >= 11 is 5.92. The fourth-order valence-electron chi connectivity index (χ4n) is 3.14. The van der Waals surface area contributed by atoms with E-state index in [9.17, 15) is 10.1 Å². The van der Waals surface area contributed by atoms with E-state index < -0.39 is 5.97 Å². The highest BCUT2D eigenvalue weighted by atomic mass is 35.5. The van der Waals surface area contributed by atoms with Gasteiger partial charge in [0.05, 0.1) is 18.8 Å². The van der Waals surface area contributed by atoms with Gasteiger partial charge in [-0.3, -0.25) is 0 Å². The predicted molar refractivity (Wildman–Crippen MR) is 125 cm³/mol. The quantitative estimate of drug-likeness (QED) is 0.192. The van der Waals surface area contributed by atoms with Crippen LogP contribution >= 0.6 is 11.6 Å². The number of nitrogens with zero attached hydrogens (tertiary/aromatic N) is 1. The van der Waals surface area contributed by atoms with Crippen LogP contribution in [0.1, 0.15) is 22.3 Å². The van der Waals surface area contributed by atoms with E-state index in [0.717, 1.165) is 22.3 Å². The molecule has 32 heavy (non-hydrogen) atoms. The number of para-hydroxylation sites is 1. The van der Waals surface area contributed by atoms with E-state index in [1.54, 1.807) is 48.5 Å².